The largest absolute Gasteiger partial charge is 0.511 e. The molecule has 1 aliphatic carbocycles. The van der Waals surface area contributed by atoms with Gasteiger partial charge in [-0.25, -0.2) is 9.78 Å². The van der Waals surface area contributed by atoms with E-state index in [9.17, 15) is 9.59 Å². The zero-order valence-electron chi connectivity index (χ0n) is 21.8. The van der Waals surface area contributed by atoms with Gasteiger partial charge in [0.05, 0.1) is 5.69 Å². The number of nitrogen functional groups attached to an aromatic ring is 1. The number of benzene rings is 2. The minimum absolute atomic E-state index is 0.0315. The van der Waals surface area contributed by atoms with Crippen molar-refractivity contribution in [3.8, 4) is 22.6 Å². The average molecular weight is 519 g/mol. The number of rotatable bonds is 9. The predicted octanol–water partition coefficient (Wildman–Crippen LogP) is 5.35. The standard InChI is InChI=1S/C29H34N4O5/c1-19(37-29(35)38-24-6-4-3-5-7-24)36-26(34)17-10-20-8-11-23(12-9-20)28-32-25(18-33(28)2)21-13-15-22(16-14-21)27(30)31/h8-9,11-16,18-19,24H,3-7,10,17H2,1-2H3,(H3,30,31). The van der Waals surface area contributed by atoms with Crippen molar-refractivity contribution in [3.05, 3.63) is 65.9 Å². The van der Waals surface area contributed by atoms with Crippen molar-refractivity contribution in [2.24, 2.45) is 12.8 Å². The summed E-state index contributed by atoms with van der Waals surface area (Å²) in [5, 5.41) is 7.54. The lowest BCUT2D eigenvalue weighted by atomic mass is 9.98. The fraction of sp³-hybridized carbons (Fsp3) is 0.379. The molecule has 1 saturated carbocycles. The highest BCUT2D eigenvalue weighted by Crippen LogP contribution is 2.25. The third kappa shape index (κ3) is 7.21. The highest BCUT2D eigenvalue weighted by molar-refractivity contribution is 5.95. The van der Waals surface area contributed by atoms with Gasteiger partial charge in [0.25, 0.3) is 0 Å². The second-order valence-electron chi connectivity index (χ2n) is 9.55. The van der Waals surface area contributed by atoms with Crippen LogP contribution < -0.4 is 5.73 Å². The molecule has 200 valence electrons. The lowest BCUT2D eigenvalue weighted by molar-refractivity contribution is -0.169. The van der Waals surface area contributed by atoms with Crippen LogP contribution in [0.25, 0.3) is 22.6 Å². The van der Waals surface area contributed by atoms with Crippen LogP contribution in [0.15, 0.2) is 54.7 Å². The molecule has 1 atom stereocenters. The first-order chi connectivity index (χ1) is 18.3. The van der Waals surface area contributed by atoms with Crippen LogP contribution in [-0.4, -0.2) is 39.9 Å². The molecule has 0 amide bonds. The predicted molar refractivity (Wildman–Crippen MR) is 143 cm³/mol. The number of aryl methyl sites for hydroxylation is 2. The maximum Gasteiger partial charge on any atom is 0.511 e. The van der Waals surface area contributed by atoms with Crippen molar-refractivity contribution in [1.29, 1.82) is 5.41 Å². The number of nitrogens with one attached hydrogen (secondary N) is 1. The molecule has 1 heterocycles. The van der Waals surface area contributed by atoms with E-state index in [2.05, 4.69) is 0 Å². The van der Waals surface area contributed by atoms with Gasteiger partial charge in [0.1, 0.15) is 17.8 Å². The van der Waals surface area contributed by atoms with Crippen LogP contribution in [-0.2, 0) is 32.5 Å². The molecule has 9 nitrogen and oxygen atoms in total. The van der Waals surface area contributed by atoms with E-state index in [4.69, 9.17) is 30.3 Å². The number of amidine groups is 1. The number of carbonyl (C=O) groups is 2. The Bertz CT molecular complexity index is 1260. The lowest BCUT2D eigenvalue weighted by Gasteiger charge is -2.22. The summed E-state index contributed by atoms with van der Waals surface area (Å²) >= 11 is 0. The minimum Gasteiger partial charge on any atom is -0.431 e. The normalized spacial score (nSPS) is 14.5. The lowest BCUT2D eigenvalue weighted by Crippen LogP contribution is -2.26. The molecule has 1 aliphatic rings. The van der Waals surface area contributed by atoms with E-state index in [0.29, 0.717) is 12.0 Å². The Morgan fingerprint density at radius 3 is 2.34 bits per heavy atom. The second-order valence-corrected chi connectivity index (χ2v) is 9.55. The molecule has 0 bridgehead atoms. The fourth-order valence-corrected chi connectivity index (χ4v) is 4.51. The van der Waals surface area contributed by atoms with Crippen molar-refractivity contribution < 1.29 is 23.8 Å². The van der Waals surface area contributed by atoms with Crippen LogP contribution in [0.5, 0.6) is 0 Å². The molecule has 4 rings (SSSR count). The van der Waals surface area contributed by atoms with Crippen molar-refractivity contribution in [2.75, 3.05) is 0 Å². The Labute approximate surface area is 222 Å². The van der Waals surface area contributed by atoms with Gasteiger partial charge in [0, 0.05) is 43.3 Å². The van der Waals surface area contributed by atoms with Gasteiger partial charge < -0.3 is 24.5 Å². The summed E-state index contributed by atoms with van der Waals surface area (Å²) in [6.07, 6.45) is 5.64. The quantitative estimate of drug-likeness (QED) is 0.169. The van der Waals surface area contributed by atoms with E-state index in [-0.39, 0.29) is 18.4 Å². The minimum atomic E-state index is -1.00. The number of imidazole rings is 1. The molecule has 0 spiro atoms. The number of nitrogens with two attached hydrogens (primary N) is 1. The summed E-state index contributed by atoms with van der Waals surface area (Å²) in [5.41, 5.74) is 9.89. The molecule has 1 aromatic heterocycles. The molecule has 9 heteroatoms. The SMILES string of the molecule is CC(OC(=O)CCc1ccc(-c2nc(-c3ccc(C(=N)N)cc3)cn2C)cc1)OC(=O)OC1CCCCC1. The van der Waals surface area contributed by atoms with Gasteiger partial charge in [-0.05, 0) is 37.7 Å². The number of aromatic nitrogens is 2. The fourth-order valence-electron chi connectivity index (χ4n) is 4.51. The maximum absolute atomic E-state index is 12.2. The number of hydrogen-bond donors (Lipinski definition) is 2. The Morgan fingerprint density at radius 2 is 1.68 bits per heavy atom. The van der Waals surface area contributed by atoms with Crippen LogP contribution in [0.2, 0.25) is 0 Å². The average Bonchev–Trinajstić information content (AvgIpc) is 3.29. The molecule has 0 saturated heterocycles. The Kier molecular flexibility index (Phi) is 8.78. The number of carbonyl (C=O) groups excluding carboxylic acids is 2. The highest BCUT2D eigenvalue weighted by atomic mass is 16.8. The first-order valence-electron chi connectivity index (χ1n) is 12.9. The monoisotopic (exact) mass is 518 g/mol. The molecule has 0 radical (unpaired) electrons. The highest BCUT2D eigenvalue weighted by Gasteiger charge is 2.21. The van der Waals surface area contributed by atoms with Gasteiger partial charge in [-0.3, -0.25) is 10.2 Å². The summed E-state index contributed by atoms with van der Waals surface area (Å²) in [6, 6.07) is 15.3. The summed E-state index contributed by atoms with van der Waals surface area (Å²) in [4.78, 5) is 28.9. The molecular formula is C29H34N4O5. The summed E-state index contributed by atoms with van der Waals surface area (Å²) in [6.45, 7) is 1.51. The van der Waals surface area contributed by atoms with E-state index in [1.54, 1.807) is 0 Å². The van der Waals surface area contributed by atoms with Crippen molar-refractivity contribution in [1.82, 2.24) is 9.55 Å². The van der Waals surface area contributed by atoms with Crippen LogP contribution in [0.1, 0.15) is 56.6 Å². The van der Waals surface area contributed by atoms with E-state index >= 15 is 0 Å². The summed E-state index contributed by atoms with van der Waals surface area (Å²) < 4.78 is 17.5. The summed E-state index contributed by atoms with van der Waals surface area (Å²) in [7, 11) is 1.94. The molecule has 3 N–H and O–H groups in total. The third-order valence-electron chi connectivity index (χ3n) is 6.57. The Morgan fingerprint density at radius 1 is 1.03 bits per heavy atom. The Hall–Kier alpha value is -4.14. The smallest absolute Gasteiger partial charge is 0.431 e. The van der Waals surface area contributed by atoms with Crippen LogP contribution in [0.4, 0.5) is 4.79 Å². The first-order valence-corrected chi connectivity index (χ1v) is 12.9. The van der Waals surface area contributed by atoms with E-state index in [1.165, 1.54) is 6.92 Å². The van der Waals surface area contributed by atoms with E-state index in [1.807, 2.05) is 66.3 Å². The van der Waals surface area contributed by atoms with E-state index in [0.717, 1.165) is 60.3 Å². The van der Waals surface area contributed by atoms with Gasteiger partial charge in [-0.1, -0.05) is 55.0 Å². The number of ether oxygens (including phenoxy) is 3. The molecule has 2 aromatic carbocycles. The molecular weight excluding hydrogens is 484 g/mol. The number of esters is 1. The van der Waals surface area contributed by atoms with Gasteiger partial charge in [0.15, 0.2) is 0 Å². The van der Waals surface area contributed by atoms with Gasteiger partial charge in [0.2, 0.25) is 6.29 Å². The van der Waals surface area contributed by atoms with Crippen LogP contribution in [0.3, 0.4) is 0 Å². The van der Waals surface area contributed by atoms with Crippen molar-refractivity contribution in [3.63, 3.8) is 0 Å². The topological polar surface area (TPSA) is 130 Å². The third-order valence-corrected chi connectivity index (χ3v) is 6.57. The molecule has 1 unspecified atom stereocenters. The second kappa shape index (κ2) is 12.4. The molecule has 1 fully saturated rings. The Balaban J connectivity index is 1.26. The van der Waals surface area contributed by atoms with Crippen LogP contribution >= 0.6 is 0 Å². The number of nitrogens with zero attached hydrogens (tertiary/aromatic N) is 2. The van der Waals surface area contributed by atoms with Gasteiger partial charge in [-0.2, -0.15) is 0 Å². The van der Waals surface area contributed by atoms with Crippen LogP contribution in [0, 0.1) is 5.41 Å². The van der Waals surface area contributed by atoms with Crippen molar-refractivity contribution in [2.45, 2.75) is 64.3 Å². The van der Waals surface area contributed by atoms with Gasteiger partial charge in [-0.15, -0.1) is 0 Å². The zero-order chi connectivity index (χ0) is 27.1. The summed E-state index contributed by atoms with van der Waals surface area (Å²) in [5.74, 6) is 0.397. The maximum atomic E-state index is 12.2. The molecule has 0 aliphatic heterocycles. The van der Waals surface area contributed by atoms with Gasteiger partial charge >= 0.3 is 12.1 Å². The zero-order valence-corrected chi connectivity index (χ0v) is 21.8. The molecule has 38 heavy (non-hydrogen) atoms. The molecule has 3 aromatic rings. The van der Waals surface area contributed by atoms with Crippen molar-refractivity contribution >= 4 is 18.0 Å². The number of hydrogen-bond acceptors (Lipinski definition) is 7. The first kappa shape index (κ1) is 26.9. The van der Waals surface area contributed by atoms with E-state index < -0.39 is 18.4 Å².